The topological polar surface area (TPSA) is 58.4 Å². The van der Waals surface area contributed by atoms with E-state index >= 15 is 0 Å². The maximum Gasteiger partial charge on any atom is 0.224 e. The molecule has 6 heteroatoms. The molecule has 3 heterocycles. The SMILES string of the molecule is CSc1ccn2c(C(C)(C)NC(=O)C3[C@H]4CNC[C@@H]34)ncc2c1. The monoisotopic (exact) mass is 330 g/mol. The molecule has 1 saturated heterocycles. The zero-order valence-electron chi connectivity index (χ0n) is 13.7. The van der Waals surface area contributed by atoms with Crippen LogP contribution in [0.25, 0.3) is 5.52 Å². The van der Waals surface area contributed by atoms with E-state index in [4.69, 9.17) is 0 Å². The molecule has 0 radical (unpaired) electrons. The van der Waals surface area contributed by atoms with Gasteiger partial charge in [0.15, 0.2) is 0 Å². The van der Waals surface area contributed by atoms with Gasteiger partial charge >= 0.3 is 0 Å². The smallest absolute Gasteiger partial charge is 0.224 e. The molecule has 4 rings (SSSR count). The number of fused-ring (bicyclic) bond motifs is 2. The Labute approximate surface area is 140 Å². The highest BCUT2D eigenvalue weighted by atomic mass is 32.2. The van der Waals surface area contributed by atoms with Crippen molar-refractivity contribution < 1.29 is 4.79 Å². The number of rotatable bonds is 4. The van der Waals surface area contributed by atoms with Gasteiger partial charge in [0.05, 0.1) is 17.3 Å². The second-order valence-corrected chi connectivity index (χ2v) is 7.95. The van der Waals surface area contributed by atoms with Crippen molar-refractivity contribution in [2.24, 2.45) is 17.8 Å². The van der Waals surface area contributed by atoms with Gasteiger partial charge in [-0.3, -0.25) is 4.79 Å². The summed E-state index contributed by atoms with van der Waals surface area (Å²) >= 11 is 1.72. The van der Waals surface area contributed by atoms with Crippen molar-refractivity contribution in [3.8, 4) is 0 Å². The zero-order valence-corrected chi connectivity index (χ0v) is 14.5. The van der Waals surface area contributed by atoms with Crippen LogP contribution in [-0.2, 0) is 10.3 Å². The molecular formula is C17H22N4OS. The molecule has 0 spiro atoms. The molecule has 1 unspecified atom stereocenters. The molecule has 1 aliphatic heterocycles. The van der Waals surface area contributed by atoms with E-state index in [-0.39, 0.29) is 11.8 Å². The maximum absolute atomic E-state index is 12.6. The highest BCUT2D eigenvalue weighted by molar-refractivity contribution is 7.98. The van der Waals surface area contributed by atoms with Crippen LogP contribution in [0.3, 0.4) is 0 Å². The van der Waals surface area contributed by atoms with Gasteiger partial charge in [-0.15, -0.1) is 11.8 Å². The highest BCUT2D eigenvalue weighted by Crippen LogP contribution is 2.49. The Balaban J connectivity index is 1.57. The molecule has 2 aromatic heterocycles. The number of nitrogens with zero attached hydrogens (tertiary/aromatic N) is 2. The van der Waals surface area contributed by atoms with E-state index in [1.807, 2.05) is 26.2 Å². The third kappa shape index (κ3) is 2.44. The fourth-order valence-electron chi connectivity index (χ4n) is 3.82. The average molecular weight is 330 g/mol. The van der Waals surface area contributed by atoms with Gasteiger partial charge in [-0.2, -0.15) is 0 Å². The molecule has 0 aromatic carbocycles. The van der Waals surface area contributed by atoms with E-state index < -0.39 is 5.54 Å². The van der Waals surface area contributed by atoms with Crippen molar-refractivity contribution in [3.63, 3.8) is 0 Å². The first-order chi connectivity index (χ1) is 11.0. The summed E-state index contributed by atoms with van der Waals surface area (Å²) < 4.78 is 2.06. The molecule has 23 heavy (non-hydrogen) atoms. The Hall–Kier alpha value is -1.53. The van der Waals surface area contributed by atoms with E-state index in [1.165, 1.54) is 4.90 Å². The van der Waals surface area contributed by atoms with Crippen molar-refractivity contribution in [1.29, 1.82) is 0 Å². The van der Waals surface area contributed by atoms with Crippen LogP contribution in [-0.4, -0.2) is 34.6 Å². The molecule has 2 aromatic rings. The molecule has 5 nitrogen and oxygen atoms in total. The molecule has 2 fully saturated rings. The second kappa shape index (κ2) is 5.24. The van der Waals surface area contributed by atoms with Crippen LogP contribution >= 0.6 is 11.8 Å². The van der Waals surface area contributed by atoms with Crippen LogP contribution in [0.5, 0.6) is 0 Å². The van der Waals surface area contributed by atoms with E-state index in [0.29, 0.717) is 11.8 Å². The van der Waals surface area contributed by atoms with Crippen molar-refractivity contribution in [1.82, 2.24) is 20.0 Å². The van der Waals surface area contributed by atoms with E-state index in [0.717, 1.165) is 24.4 Å². The predicted molar refractivity (Wildman–Crippen MR) is 91.5 cm³/mol. The number of thioether (sulfide) groups is 1. The number of nitrogens with one attached hydrogen (secondary N) is 2. The minimum Gasteiger partial charge on any atom is -0.344 e. The number of imidazole rings is 1. The number of pyridine rings is 1. The number of hydrogen-bond acceptors (Lipinski definition) is 4. The molecule has 122 valence electrons. The fourth-order valence-corrected chi connectivity index (χ4v) is 4.26. The molecule has 0 bridgehead atoms. The number of piperidine rings is 1. The van der Waals surface area contributed by atoms with E-state index in [1.54, 1.807) is 11.8 Å². The van der Waals surface area contributed by atoms with Gasteiger partial charge in [-0.25, -0.2) is 4.98 Å². The summed E-state index contributed by atoms with van der Waals surface area (Å²) in [5.41, 5.74) is 0.566. The molecule has 1 amide bonds. The third-order valence-corrected chi connectivity index (χ3v) is 5.85. The predicted octanol–water partition coefficient (Wildman–Crippen LogP) is 1.87. The van der Waals surface area contributed by atoms with Gasteiger partial charge in [-0.05, 0) is 57.2 Å². The summed E-state index contributed by atoms with van der Waals surface area (Å²) in [6.45, 7) is 6.01. The first kappa shape index (κ1) is 15.0. The lowest BCUT2D eigenvalue weighted by molar-refractivity contribution is -0.124. The summed E-state index contributed by atoms with van der Waals surface area (Å²) in [6.07, 6.45) is 5.97. The molecule has 2 aliphatic rings. The summed E-state index contributed by atoms with van der Waals surface area (Å²) in [5, 5.41) is 6.55. The van der Waals surface area contributed by atoms with Crippen LogP contribution in [0, 0.1) is 17.8 Å². The van der Waals surface area contributed by atoms with E-state index in [2.05, 4.69) is 38.4 Å². The number of carbonyl (C=O) groups excluding carboxylic acids is 1. The number of aromatic nitrogens is 2. The molecule has 1 saturated carbocycles. The quantitative estimate of drug-likeness (QED) is 0.841. The molecule has 2 N–H and O–H groups in total. The van der Waals surface area contributed by atoms with Crippen LogP contribution < -0.4 is 10.6 Å². The Morgan fingerprint density at radius 1 is 1.43 bits per heavy atom. The lowest BCUT2D eigenvalue weighted by atomic mass is 10.0. The maximum atomic E-state index is 12.6. The van der Waals surface area contributed by atoms with Gasteiger partial charge < -0.3 is 15.0 Å². The van der Waals surface area contributed by atoms with Crippen LogP contribution in [0.1, 0.15) is 19.7 Å². The number of amides is 1. The first-order valence-corrected chi connectivity index (χ1v) is 9.28. The van der Waals surface area contributed by atoms with Gasteiger partial charge in [0, 0.05) is 17.0 Å². The Morgan fingerprint density at radius 2 is 2.17 bits per heavy atom. The summed E-state index contributed by atoms with van der Waals surface area (Å²) in [6, 6.07) is 4.20. The summed E-state index contributed by atoms with van der Waals surface area (Å²) in [5.74, 6) is 2.30. The van der Waals surface area contributed by atoms with Gasteiger partial charge in [0.25, 0.3) is 0 Å². The van der Waals surface area contributed by atoms with Crippen LogP contribution in [0.15, 0.2) is 29.4 Å². The Kier molecular flexibility index (Phi) is 3.43. The lowest BCUT2D eigenvalue weighted by Gasteiger charge is -2.25. The number of carbonyl (C=O) groups is 1. The summed E-state index contributed by atoms with van der Waals surface area (Å²) in [7, 11) is 0. The Bertz CT molecular complexity index is 759. The highest BCUT2D eigenvalue weighted by Gasteiger charge is 2.57. The Morgan fingerprint density at radius 3 is 2.87 bits per heavy atom. The first-order valence-electron chi connectivity index (χ1n) is 8.05. The van der Waals surface area contributed by atoms with Gasteiger partial charge in [0.1, 0.15) is 5.82 Å². The average Bonchev–Trinajstić information content (AvgIpc) is 2.90. The summed E-state index contributed by atoms with van der Waals surface area (Å²) in [4.78, 5) is 18.4. The van der Waals surface area contributed by atoms with Gasteiger partial charge in [-0.1, -0.05) is 0 Å². The standard InChI is InChI=1S/C17H22N4OS/c1-17(2,20-15(22)14-12-8-18-9-13(12)14)16-19-7-10-6-11(23-3)4-5-21(10)16/h4-7,12-14,18H,8-9H2,1-3H3,(H,20,22)/t12-,13+,14?. The lowest BCUT2D eigenvalue weighted by Crippen LogP contribution is -2.44. The van der Waals surface area contributed by atoms with Crippen molar-refractivity contribution in [2.45, 2.75) is 24.3 Å². The molecular weight excluding hydrogens is 308 g/mol. The normalized spacial score (nSPS) is 26.3. The van der Waals surface area contributed by atoms with Crippen molar-refractivity contribution >= 4 is 23.2 Å². The minimum absolute atomic E-state index is 0.170. The van der Waals surface area contributed by atoms with E-state index in [9.17, 15) is 4.79 Å². The second-order valence-electron chi connectivity index (χ2n) is 7.07. The molecule has 1 aliphatic carbocycles. The van der Waals surface area contributed by atoms with Crippen LogP contribution in [0.4, 0.5) is 0 Å². The minimum atomic E-state index is -0.491. The fraction of sp³-hybridized carbons (Fsp3) is 0.529. The van der Waals surface area contributed by atoms with Crippen molar-refractivity contribution in [3.05, 3.63) is 30.4 Å². The number of hydrogen-bond donors (Lipinski definition) is 2. The van der Waals surface area contributed by atoms with Crippen molar-refractivity contribution in [2.75, 3.05) is 19.3 Å². The van der Waals surface area contributed by atoms with Crippen LogP contribution in [0.2, 0.25) is 0 Å². The third-order valence-electron chi connectivity index (χ3n) is 5.13. The molecule has 3 atom stereocenters. The largest absolute Gasteiger partial charge is 0.344 e. The van der Waals surface area contributed by atoms with Gasteiger partial charge in [0.2, 0.25) is 5.91 Å². The zero-order chi connectivity index (χ0) is 16.2.